The molecule has 0 amide bonds. The maximum atomic E-state index is 12.7. The predicted molar refractivity (Wildman–Crippen MR) is 154 cm³/mol. The second kappa shape index (κ2) is 13.8. The van der Waals surface area contributed by atoms with Gasteiger partial charge in [-0.2, -0.15) is 0 Å². The van der Waals surface area contributed by atoms with E-state index in [0.717, 1.165) is 22.3 Å². The molecule has 7 nitrogen and oxygen atoms in total. The third kappa shape index (κ3) is 8.47. The van der Waals surface area contributed by atoms with Crippen molar-refractivity contribution >= 4 is 23.9 Å². The summed E-state index contributed by atoms with van der Waals surface area (Å²) in [5.74, 6) is -5.27. The molecule has 0 aliphatic carbocycles. The van der Waals surface area contributed by atoms with Gasteiger partial charge in [-0.15, -0.1) is 0 Å². The van der Waals surface area contributed by atoms with Crippen LogP contribution < -0.4 is 0 Å². The summed E-state index contributed by atoms with van der Waals surface area (Å²) in [6.07, 6.45) is -1.25. The van der Waals surface area contributed by atoms with Crippen molar-refractivity contribution in [3.8, 4) is 22.3 Å². The van der Waals surface area contributed by atoms with Gasteiger partial charge in [0.2, 0.25) is 0 Å². The Morgan fingerprint density at radius 1 is 0.463 bits per heavy atom. The number of hydrogen-bond donors (Lipinski definition) is 2. The summed E-state index contributed by atoms with van der Waals surface area (Å²) in [7, 11) is 0. The third-order valence-corrected chi connectivity index (χ3v) is 6.87. The molecule has 7 heteroatoms. The zero-order chi connectivity index (χ0) is 29.2. The van der Waals surface area contributed by atoms with Crippen LogP contribution in [-0.4, -0.2) is 34.1 Å². The fraction of sp³-hybridized carbons (Fsp3) is 0.176. The Kier molecular flexibility index (Phi) is 9.78. The van der Waals surface area contributed by atoms with Gasteiger partial charge in [-0.1, -0.05) is 109 Å². The van der Waals surface area contributed by atoms with E-state index in [-0.39, 0.29) is 25.7 Å². The van der Waals surface area contributed by atoms with E-state index in [1.165, 1.54) is 0 Å². The molecule has 2 unspecified atom stereocenters. The summed E-state index contributed by atoms with van der Waals surface area (Å²) in [6, 6.07) is 33.9. The van der Waals surface area contributed by atoms with Crippen LogP contribution in [0.3, 0.4) is 0 Å². The van der Waals surface area contributed by atoms with Crippen molar-refractivity contribution < 1.29 is 34.1 Å². The number of aliphatic carboxylic acids is 2. The number of esters is 2. The van der Waals surface area contributed by atoms with Gasteiger partial charge in [0.05, 0.1) is 25.7 Å². The summed E-state index contributed by atoms with van der Waals surface area (Å²) >= 11 is 0. The number of carbonyl (C=O) groups excluding carboxylic acids is 2. The highest BCUT2D eigenvalue weighted by molar-refractivity contribution is 5.87. The van der Waals surface area contributed by atoms with Crippen LogP contribution in [-0.2, 0) is 23.9 Å². The molecule has 0 aromatic heterocycles. The van der Waals surface area contributed by atoms with Gasteiger partial charge >= 0.3 is 23.9 Å². The first-order chi connectivity index (χ1) is 19.8. The van der Waals surface area contributed by atoms with Gasteiger partial charge in [-0.05, 0) is 33.4 Å². The molecule has 0 aliphatic heterocycles. The smallest absolute Gasteiger partial charge is 0.314 e. The topological polar surface area (TPSA) is 118 Å². The number of rotatable bonds is 12. The SMILES string of the molecule is O=C(O)CC(CC(=O)OC(=O)CC(CC(=O)O)c1ccc(-c2ccccc2)cc1)c1ccc(-c2ccccc2)cc1. The Hall–Kier alpha value is -5.04. The molecule has 0 bridgehead atoms. The molecule has 2 N–H and O–H groups in total. The molecule has 4 rings (SSSR count). The molecule has 0 radical (unpaired) electrons. The van der Waals surface area contributed by atoms with Crippen LogP contribution in [0.5, 0.6) is 0 Å². The van der Waals surface area contributed by atoms with Gasteiger partial charge < -0.3 is 14.9 Å². The van der Waals surface area contributed by atoms with Crippen LogP contribution >= 0.6 is 0 Å². The molecule has 4 aromatic carbocycles. The summed E-state index contributed by atoms with van der Waals surface area (Å²) in [6.45, 7) is 0. The molecule has 2 atom stereocenters. The van der Waals surface area contributed by atoms with Crippen LogP contribution in [0.15, 0.2) is 109 Å². The van der Waals surface area contributed by atoms with Gasteiger partial charge in [0, 0.05) is 11.8 Å². The number of ether oxygens (including phenoxy) is 1. The van der Waals surface area contributed by atoms with Crippen LogP contribution in [0.4, 0.5) is 0 Å². The normalized spacial score (nSPS) is 12.2. The van der Waals surface area contributed by atoms with E-state index in [1.54, 1.807) is 24.3 Å². The number of carbonyl (C=O) groups is 4. The quantitative estimate of drug-likeness (QED) is 0.149. The molecule has 208 valence electrons. The van der Waals surface area contributed by atoms with Gasteiger partial charge in [-0.3, -0.25) is 19.2 Å². The Morgan fingerprint density at radius 3 is 1.10 bits per heavy atom. The molecular formula is C34H30O7. The Bertz CT molecular complexity index is 1360. The first kappa shape index (κ1) is 29.0. The van der Waals surface area contributed by atoms with Gasteiger partial charge in [-0.25, -0.2) is 0 Å². The number of carboxylic acid groups (broad SMARTS) is 2. The van der Waals surface area contributed by atoms with Crippen molar-refractivity contribution in [3.63, 3.8) is 0 Å². The van der Waals surface area contributed by atoms with E-state index >= 15 is 0 Å². The molecule has 0 saturated carbocycles. The minimum Gasteiger partial charge on any atom is -0.481 e. The van der Waals surface area contributed by atoms with Crippen molar-refractivity contribution in [1.29, 1.82) is 0 Å². The van der Waals surface area contributed by atoms with E-state index in [1.807, 2.05) is 84.9 Å². The number of carboxylic acids is 2. The standard InChI is InChI=1S/C34H30O7/c35-31(36)19-29(27-15-11-25(12-16-27)23-7-3-1-4-8-23)21-33(39)41-34(40)22-30(20-32(37)38)28-17-13-26(14-18-28)24-9-5-2-6-10-24/h1-18,29-30H,19-22H2,(H,35,36)(H,37,38). The lowest BCUT2D eigenvalue weighted by Crippen LogP contribution is -2.19. The van der Waals surface area contributed by atoms with Gasteiger partial charge in [0.1, 0.15) is 0 Å². The molecule has 0 heterocycles. The van der Waals surface area contributed by atoms with Crippen LogP contribution in [0.1, 0.15) is 48.6 Å². The first-order valence-electron chi connectivity index (χ1n) is 13.3. The van der Waals surface area contributed by atoms with Crippen LogP contribution in [0.25, 0.3) is 22.3 Å². The first-order valence-corrected chi connectivity index (χ1v) is 13.3. The van der Waals surface area contributed by atoms with Crippen LogP contribution in [0, 0.1) is 0 Å². The molecule has 0 aliphatic rings. The highest BCUT2D eigenvalue weighted by Crippen LogP contribution is 2.30. The van der Waals surface area contributed by atoms with Crippen LogP contribution in [0.2, 0.25) is 0 Å². The van der Waals surface area contributed by atoms with E-state index in [2.05, 4.69) is 0 Å². The molecular weight excluding hydrogens is 520 g/mol. The van der Waals surface area contributed by atoms with Gasteiger partial charge in [0.25, 0.3) is 0 Å². The van der Waals surface area contributed by atoms with Crippen molar-refractivity contribution in [1.82, 2.24) is 0 Å². The maximum Gasteiger partial charge on any atom is 0.314 e. The van der Waals surface area contributed by atoms with Crippen molar-refractivity contribution in [3.05, 3.63) is 120 Å². The zero-order valence-electron chi connectivity index (χ0n) is 22.3. The fourth-order valence-electron chi connectivity index (χ4n) is 4.81. The lowest BCUT2D eigenvalue weighted by atomic mass is 9.90. The molecule has 41 heavy (non-hydrogen) atoms. The second-order valence-corrected chi connectivity index (χ2v) is 9.82. The minimum absolute atomic E-state index is 0.307. The number of benzene rings is 4. The monoisotopic (exact) mass is 550 g/mol. The Morgan fingerprint density at radius 2 is 0.780 bits per heavy atom. The summed E-state index contributed by atoms with van der Waals surface area (Å²) in [5.41, 5.74) is 5.18. The Labute approximate surface area is 238 Å². The molecule has 0 spiro atoms. The lowest BCUT2D eigenvalue weighted by Gasteiger charge is -2.17. The lowest BCUT2D eigenvalue weighted by molar-refractivity contribution is -0.160. The zero-order valence-corrected chi connectivity index (χ0v) is 22.3. The van der Waals surface area contributed by atoms with Crippen molar-refractivity contribution in [2.45, 2.75) is 37.5 Å². The average Bonchev–Trinajstić information content (AvgIpc) is 2.97. The second-order valence-electron chi connectivity index (χ2n) is 9.82. The van der Waals surface area contributed by atoms with E-state index < -0.39 is 35.7 Å². The maximum absolute atomic E-state index is 12.7. The largest absolute Gasteiger partial charge is 0.481 e. The van der Waals surface area contributed by atoms with E-state index in [4.69, 9.17) is 4.74 Å². The van der Waals surface area contributed by atoms with E-state index in [0.29, 0.717) is 11.1 Å². The Balaban J connectivity index is 1.41. The predicted octanol–water partition coefficient (Wildman–Crippen LogP) is 6.69. The highest BCUT2D eigenvalue weighted by atomic mass is 16.6. The average molecular weight is 551 g/mol. The highest BCUT2D eigenvalue weighted by Gasteiger charge is 2.25. The summed E-state index contributed by atoms with van der Waals surface area (Å²) < 4.78 is 5.04. The molecule has 4 aromatic rings. The van der Waals surface area contributed by atoms with Gasteiger partial charge in [0.15, 0.2) is 0 Å². The molecule has 0 saturated heterocycles. The van der Waals surface area contributed by atoms with E-state index in [9.17, 15) is 29.4 Å². The minimum atomic E-state index is -1.08. The van der Waals surface area contributed by atoms with Crippen molar-refractivity contribution in [2.24, 2.45) is 0 Å². The number of hydrogen-bond acceptors (Lipinski definition) is 5. The summed E-state index contributed by atoms with van der Waals surface area (Å²) in [5, 5.41) is 18.8. The third-order valence-electron chi connectivity index (χ3n) is 6.87. The fourth-order valence-corrected chi connectivity index (χ4v) is 4.81. The van der Waals surface area contributed by atoms with Crippen molar-refractivity contribution in [2.75, 3.05) is 0 Å². The summed E-state index contributed by atoms with van der Waals surface area (Å²) in [4.78, 5) is 48.4. The molecule has 0 fully saturated rings.